The van der Waals surface area contributed by atoms with E-state index in [2.05, 4.69) is 24.0 Å². The Bertz CT molecular complexity index is 1100. The molecule has 2 aliphatic heterocycles. The van der Waals surface area contributed by atoms with E-state index in [1.165, 1.54) is 6.08 Å². The van der Waals surface area contributed by atoms with Gasteiger partial charge >= 0.3 is 12.1 Å². The number of ether oxygens (including phenoxy) is 3. The van der Waals surface area contributed by atoms with Crippen LogP contribution in [0.15, 0.2) is 61.2 Å². The van der Waals surface area contributed by atoms with Gasteiger partial charge < -0.3 is 24.4 Å². The smallest absolute Gasteiger partial charge is 0.407 e. The van der Waals surface area contributed by atoms with Gasteiger partial charge in [0.25, 0.3) is 0 Å². The van der Waals surface area contributed by atoms with Crippen molar-refractivity contribution in [2.24, 2.45) is 0 Å². The second-order valence-corrected chi connectivity index (χ2v) is 9.37. The molecule has 2 amide bonds. The molecule has 2 saturated heterocycles. The zero-order valence-corrected chi connectivity index (χ0v) is 20.1. The molecule has 0 aromatic heterocycles. The van der Waals surface area contributed by atoms with Crippen molar-refractivity contribution < 1.29 is 28.6 Å². The highest BCUT2D eigenvalue weighted by Crippen LogP contribution is 2.44. The third kappa shape index (κ3) is 4.73. The van der Waals surface area contributed by atoms with Gasteiger partial charge in [0.05, 0.1) is 31.7 Å². The Labute approximate surface area is 210 Å². The fourth-order valence-electron chi connectivity index (χ4n) is 5.53. The van der Waals surface area contributed by atoms with Gasteiger partial charge in [-0.05, 0) is 35.1 Å². The number of nitrogens with one attached hydrogen (secondary N) is 1. The number of hydrogen-bond donors (Lipinski definition) is 1. The maximum atomic E-state index is 13.5. The summed E-state index contributed by atoms with van der Waals surface area (Å²) in [5.74, 6) is -1.01. The minimum atomic E-state index is -1.08. The van der Waals surface area contributed by atoms with Gasteiger partial charge in [-0.1, -0.05) is 61.2 Å². The molecule has 8 heteroatoms. The third-order valence-corrected chi connectivity index (χ3v) is 7.16. The zero-order valence-electron chi connectivity index (χ0n) is 20.1. The van der Waals surface area contributed by atoms with Crippen LogP contribution in [0.1, 0.15) is 36.3 Å². The van der Waals surface area contributed by atoms with Gasteiger partial charge in [0, 0.05) is 5.92 Å². The number of amides is 2. The van der Waals surface area contributed by atoms with Crippen LogP contribution in [0.5, 0.6) is 0 Å². The predicted octanol–water partition coefficient (Wildman–Crippen LogP) is 3.40. The Morgan fingerprint density at radius 3 is 2.22 bits per heavy atom. The van der Waals surface area contributed by atoms with Crippen LogP contribution in [0, 0.1) is 0 Å². The third-order valence-electron chi connectivity index (χ3n) is 7.16. The van der Waals surface area contributed by atoms with Crippen molar-refractivity contribution in [2.45, 2.75) is 43.3 Å². The summed E-state index contributed by atoms with van der Waals surface area (Å²) in [4.78, 5) is 40.5. The molecule has 0 radical (unpaired) electrons. The van der Waals surface area contributed by atoms with Crippen molar-refractivity contribution >= 4 is 18.0 Å². The quantitative estimate of drug-likeness (QED) is 0.450. The molecule has 2 fully saturated rings. The zero-order chi connectivity index (χ0) is 25.1. The Balaban J connectivity index is 1.28. The lowest BCUT2D eigenvalue weighted by Gasteiger charge is -2.36. The molecule has 2 unspecified atom stereocenters. The first-order valence-corrected chi connectivity index (χ1v) is 12.3. The molecular weight excluding hydrogens is 460 g/mol. The monoisotopic (exact) mass is 490 g/mol. The van der Waals surface area contributed by atoms with Crippen molar-refractivity contribution in [3.8, 4) is 11.1 Å². The van der Waals surface area contributed by atoms with E-state index in [4.69, 9.17) is 14.2 Å². The number of fused-ring (bicyclic) bond motifs is 5. The number of esters is 1. The first-order chi connectivity index (χ1) is 17.6. The van der Waals surface area contributed by atoms with Crippen LogP contribution < -0.4 is 5.32 Å². The molecule has 36 heavy (non-hydrogen) atoms. The van der Waals surface area contributed by atoms with Crippen LogP contribution in [-0.2, 0) is 23.8 Å². The SMILES string of the molecule is C=CCOC(=O)C[C@H](NC(=O)OCC1c2ccccc2-c2ccccc21)C(=O)N1C2CCC1COC2. The van der Waals surface area contributed by atoms with Crippen LogP contribution in [-0.4, -0.2) is 67.4 Å². The van der Waals surface area contributed by atoms with Gasteiger partial charge in [-0.3, -0.25) is 9.59 Å². The van der Waals surface area contributed by atoms with E-state index in [0.29, 0.717) is 13.2 Å². The van der Waals surface area contributed by atoms with Crippen molar-refractivity contribution in [1.29, 1.82) is 0 Å². The van der Waals surface area contributed by atoms with Gasteiger partial charge in [0.15, 0.2) is 0 Å². The number of carbonyl (C=O) groups is 3. The average Bonchev–Trinajstić information content (AvgIpc) is 3.35. The molecule has 3 atom stereocenters. The lowest BCUT2D eigenvalue weighted by molar-refractivity contribution is -0.150. The molecule has 2 heterocycles. The molecular formula is C28H30N2O6. The number of hydrogen-bond acceptors (Lipinski definition) is 6. The van der Waals surface area contributed by atoms with E-state index in [0.717, 1.165) is 35.1 Å². The minimum Gasteiger partial charge on any atom is -0.461 e. The fourth-order valence-corrected chi connectivity index (χ4v) is 5.53. The summed E-state index contributed by atoms with van der Waals surface area (Å²) in [5, 5.41) is 2.64. The summed E-state index contributed by atoms with van der Waals surface area (Å²) < 4.78 is 16.3. The summed E-state index contributed by atoms with van der Waals surface area (Å²) in [7, 11) is 0. The van der Waals surface area contributed by atoms with Gasteiger partial charge in [-0.25, -0.2) is 4.79 Å². The van der Waals surface area contributed by atoms with E-state index in [9.17, 15) is 14.4 Å². The molecule has 8 nitrogen and oxygen atoms in total. The Morgan fingerprint density at radius 2 is 1.61 bits per heavy atom. The summed E-state index contributed by atoms with van der Waals surface area (Å²) in [6.07, 6.45) is 2.11. The average molecular weight is 491 g/mol. The lowest BCUT2D eigenvalue weighted by atomic mass is 9.98. The Morgan fingerprint density at radius 1 is 1.00 bits per heavy atom. The van der Waals surface area contributed by atoms with Crippen molar-refractivity contribution in [1.82, 2.24) is 10.2 Å². The van der Waals surface area contributed by atoms with Gasteiger partial charge in [-0.15, -0.1) is 0 Å². The van der Waals surface area contributed by atoms with Crippen molar-refractivity contribution in [3.63, 3.8) is 0 Å². The highest BCUT2D eigenvalue weighted by molar-refractivity contribution is 5.90. The number of carbonyl (C=O) groups excluding carboxylic acids is 3. The van der Waals surface area contributed by atoms with Crippen LogP contribution in [0.2, 0.25) is 0 Å². The highest BCUT2D eigenvalue weighted by Gasteiger charge is 2.43. The fraction of sp³-hybridized carbons (Fsp3) is 0.393. The largest absolute Gasteiger partial charge is 0.461 e. The van der Waals surface area contributed by atoms with E-state index in [1.807, 2.05) is 36.4 Å². The Kier molecular flexibility index (Phi) is 7.04. The number of alkyl carbamates (subject to hydrolysis) is 1. The first-order valence-electron chi connectivity index (χ1n) is 12.3. The second kappa shape index (κ2) is 10.5. The lowest BCUT2D eigenvalue weighted by Crippen LogP contribution is -2.57. The second-order valence-electron chi connectivity index (χ2n) is 9.37. The van der Waals surface area contributed by atoms with Gasteiger partial charge in [-0.2, -0.15) is 0 Å². The maximum absolute atomic E-state index is 13.5. The van der Waals surface area contributed by atoms with E-state index in [1.54, 1.807) is 4.90 Å². The van der Waals surface area contributed by atoms with E-state index in [-0.39, 0.29) is 43.5 Å². The molecule has 188 valence electrons. The van der Waals surface area contributed by atoms with Crippen LogP contribution in [0.3, 0.4) is 0 Å². The van der Waals surface area contributed by atoms with Crippen molar-refractivity contribution in [2.75, 3.05) is 26.4 Å². The molecule has 0 spiro atoms. The Hall–Kier alpha value is -3.65. The highest BCUT2D eigenvalue weighted by atomic mass is 16.5. The molecule has 1 aliphatic carbocycles. The molecule has 0 saturated carbocycles. The van der Waals surface area contributed by atoms with Gasteiger partial charge in [0.2, 0.25) is 5.91 Å². The molecule has 5 rings (SSSR count). The summed E-state index contributed by atoms with van der Waals surface area (Å²) in [5.41, 5.74) is 4.44. The van der Waals surface area contributed by atoms with Crippen LogP contribution >= 0.6 is 0 Å². The number of benzene rings is 2. The molecule has 2 aromatic rings. The van der Waals surface area contributed by atoms with E-state index >= 15 is 0 Å². The first kappa shape index (κ1) is 24.1. The minimum absolute atomic E-state index is 0.0352. The molecule has 2 bridgehead atoms. The standard InChI is InChI=1S/C28H30N2O6/c1-2-13-35-26(31)14-25(27(32)30-18-11-12-19(30)16-34-15-18)29-28(33)36-17-24-22-9-5-3-7-20(22)21-8-4-6-10-23(21)24/h2-10,18-19,24-25H,1,11-17H2,(H,29,33)/t18?,19?,25-/m0/s1. The van der Waals surface area contributed by atoms with Crippen molar-refractivity contribution in [3.05, 3.63) is 72.3 Å². The number of morpholine rings is 1. The molecule has 2 aromatic carbocycles. The van der Waals surface area contributed by atoms with E-state index < -0.39 is 18.1 Å². The summed E-state index contributed by atoms with van der Waals surface area (Å²) in [6, 6.07) is 14.9. The van der Waals surface area contributed by atoms with Crippen LogP contribution in [0.25, 0.3) is 11.1 Å². The van der Waals surface area contributed by atoms with Gasteiger partial charge in [0.1, 0.15) is 19.3 Å². The van der Waals surface area contributed by atoms with Crippen LogP contribution in [0.4, 0.5) is 4.79 Å². The molecule has 3 aliphatic rings. The number of nitrogens with zero attached hydrogens (tertiary/aromatic N) is 1. The normalized spacial score (nSPS) is 20.7. The maximum Gasteiger partial charge on any atom is 0.407 e. The summed E-state index contributed by atoms with van der Waals surface area (Å²) >= 11 is 0. The summed E-state index contributed by atoms with van der Waals surface area (Å²) in [6.45, 7) is 4.60. The topological polar surface area (TPSA) is 94.2 Å². The number of rotatable bonds is 8. The molecule has 1 N–H and O–H groups in total. The predicted molar refractivity (Wildman–Crippen MR) is 132 cm³/mol.